The lowest BCUT2D eigenvalue weighted by atomic mass is 9.89. The second kappa shape index (κ2) is 5.71. The predicted molar refractivity (Wildman–Crippen MR) is 102 cm³/mol. The summed E-state index contributed by atoms with van der Waals surface area (Å²) >= 11 is 1.69. The smallest absolute Gasteiger partial charge is 0.226 e. The van der Waals surface area contributed by atoms with Gasteiger partial charge < -0.3 is 5.32 Å². The van der Waals surface area contributed by atoms with E-state index < -0.39 is 0 Å². The molecule has 1 atom stereocenters. The SMILES string of the molecule is Cc1ccsc1[C@H]1CC(=O)Nc2c1c(C)nn2-c1ccc2nnc(C)n2n1. The fourth-order valence-corrected chi connectivity index (χ4v) is 4.72. The second-order valence-corrected chi connectivity index (χ2v) is 7.69. The molecule has 8 nitrogen and oxygen atoms in total. The lowest BCUT2D eigenvalue weighted by molar-refractivity contribution is -0.116. The second-order valence-electron chi connectivity index (χ2n) is 6.74. The number of thiophene rings is 1. The molecule has 0 bridgehead atoms. The molecule has 0 saturated heterocycles. The Bertz CT molecular complexity index is 1200. The van der Waals surface area contributed by atoms with Gasteiger partial charge >= 0.3 is 0 Å². The number of anilines is 1. The van der Waals surface area contributed by atoms with E-state index in [1.54, 1.807) is 20.5 Å². The molecule has 0 radical (unpaired) electrons. The molecule has 4 aromatic rings. The highest BCUT2D eigenvalue weighted by molar-refractivity contribution is 7.10. The first kappa shape index (κ1) is 16.1. The molecule has 0 fully saturated rings. The van der Waals surface area contributed by atoms with Crippen molar-refractivity contribution in [1.29, 1.82) is 0 Å². The first-order valence-electron chi connectivity index (χ1n) is 8.65. The Labute approximate surface area is 158 Å². The summed E-state index contributed by atoms with van der Waals surface area (Å²) in [5.74, 6) is 2.00. The van der Waals surface area contributed by atoms with Crippen molar-refractivity contribution in [3.63, 3.8) is 0 Å². The molecule has 0 unspecified atom stereocenters. The number of nitrogens with zero attached hydrogens (tertiary/aromatic N) is 6. The Morgan fingerprint density at radius 1 is 1.15 bits per heavy atom. The van der Waals surface area contributed by atoms with Gasteiger partial charge in [-0.05, 0) is 49.9 Å². The summed E-state index contributed by atoms with van der Waals surface area (Å²) in [5.41, 5.74) is 3.83. The normalized spacial score (nSPS) is 16.6. The molecule has 0 aromatic carbocycles. The van der Waals surface area contributed by atoms with E-state index in [9.17, 15) is 4.79 Å². The zero-order valence-electron chi connectivity index (χ0n) is 15.1. The average molecular weight is 379 g/mol. The summed E-state index contributed by atoms with van der Waals surface area (Å²) in [5, 5.41) is 22.5. The number of aromatic nitrogens is 6. The molecule has 0 saturated carbocycles. The number of hydrogen-bond donors (Lipinski definition) is 1. The Hall–Kier alpha value is -3.07. The number of amides is 1. The van der Waals surface area contributed by atoms with E-state index in [1.807, 2.05) is 26.0 Å². The molecule has 27 heavy (non-hydrogen) atoms. The van der Waals surface area contributed by atoms with Gasteiger partial charge in [-0.1, -0.05) is 0 Å². The van der Waals surface area contributed by atoms with Crippen LogP contribution in [0.3, 0.4) is 0 Å². The number of carbonyl (C=O) groups is 1. The molecule has 1 amide bonds. The minimum atomic E-state index is -0.0111. The van der Waals surface area contributed by atoms with Gasteiger partial charge in [0.05, 0.1) is 5.69 Å². The molecule has 1 aliphatic rings. The molecule has 9 heteroatoms. The zero-order chi connectivity index (χ0) is 18.7. The maximum absolute atomic E-state index is 12.5. The molecule has 1 aliphatic heterocycles. The third-order valence-corrected chi connectivity index (χ3v) is 6.07. The maximum Gasteiger partial charge on any atom is 0.226 e. The number of rotatable bonds is 2. The highest BCUT2D eigenvalue weighted by atomic mass is 32.1. The topological polar surface area (TPSA) is 90.0 Å². The third-order valence-electron chi connectivity index (χ3n) is 4.94. The lowest BCUT2D eigenvalue weighted by Crippen LogP contribution is -2.25. The minimum Gasteiger partial charge on any atom is -0.310 e. The molecule has 5 rings (SSSR count). The molecule has 0 spiro atoms. The van der Waals surface area contributed by atoms with E-state index >= 15 is 0 Å². The maximum atomic E-state index is 12.5. The molecular weight excluding hydrogens is 362 g/mol. The van der Waals surface area contributed by atoms with Crippen LogP contribution in [-0.2, 0) is 4.79 Å². The fourth-order valence-electron chi connectivity index (χ4n) is 3.68. The van der Waals surface area contributed by atoms with Gasteiger partial charge in [0, 0.05) is 22.8 Å². The van der Waals surface area contributed by atoms with E-state index in [1.165, 1.54) is 10.4 Å². The first-order valence-corrected chi connectivity index (χ1v) is 9.53. The van der Waals surface area contributed by atoms with Crippen LogP contribution in [0, 0.1) is 20.8 Å². The largest absolute Gasteiger partial charge is 0.310 e. The van der Waals surface area contributed by atoms with E-state index in [4.69, 9.17) is 5.10 Å². The van der Waals surface area contributed by atoms with Crippen molar-refractivity contribution in [2.24, 2.45) is 0 Å². The number of aryl methyl sites for hydroxylation is 3. The van der Waals surface area contributed by atoms with Gasteiger partial charge in [-0.15, -0.1) is 26.6 Å². The highest BCUT2D eigenvalue weighted by Crippen LogP contribution is 2.42. The van der Waals surface area contributed by atoms with Crippen molar-refractivity contribution in [3.05, 3.63) is 51.1 Å². The molecule has 5 heterocycles. The summed E-state index contributed by atoms with van der Waals surface area (Å²) in [4.78, 5) is 13.7. The Morgan fingerprint density at radius 2 is 2.00 bits per heavy atom. The van der Waals surface area contributed by atoms with E-state index in [-0.39, 0.29) is 11.8 Å². The average Bonchev–Trinajstić information content (AvgIpc) is 3.32. The summed E-state index contributed by atoms with van der Waals surface area (Å²) < 4.78 is 3.38. The number of carbonyl (C=O) groups excluding carboxylic acids is 1. The van der Waals surface area contributed by atoms with Crippen molar-refractivity contribution in [2.45, 2.75) is 33.1 Å². The summed E-state index contributed by atoms with van der Waals surface area (Å²) in [7, 11) is 0. The fraction of sp³-hybridized carbons (Fsp3) is 0.278. The van der Waals surface area contributed by atoms with Gasteiger partial charge in [0.15, 0.2) is 17.3 Å². The lowest BCUT2D eigenvalue weighted by Gasteiger charge is -2.23. The van der Waals surface area contributed by atoms with Crippen molar-refractivity contribution < 1.29 is 4.79 Å². The quantitative estimate of drug-likeness (QED) is 0.578. The molecule has 4 aromatic heterocycles. The molecule has 1 N–H and O–H groups in total. The van der Waals surface area contributed by atoms with Crippen molar-refractivity contribution in [1.82, 2.24) is 29.6 Å². The van der Waals surface area contributed by atoms with Crippen LogP contribution in [-0.4, -0.2) is 35.5 Å². The van der Waals surface area contributed by atoms with Crippen LogP contribution >= 0.6 is 11.3 Å². The predicted octanol–water partition coefficient (Wildman–Crippen LogP) is 2.77. The number of hydrogen-bond acceptors (Lipinski definition) is 6. The van der Waals surface area contributed by atoms with Gasteiger partial charge in [-0.25, -0.2) is 0 Å². The summed E-state index contributed by atoms with van der Waals surface area (Å²) in [6, 6.07) is 5.77. The first-order chi connectivity index (χ1) is 13.0. The van der Waals surface area contributed by atoms with Gasteiger partial charge in [-0.3, -0.25) is 4.79 Å². The number of nitrogens with one attached hydrogen (secondary N) is 1. The van der Waals surface area contributed by atoms with Crippen LogP contribution in [0.2, 0.25) is 0 Å². The van der Waals surface area contributed by atoms with Crippen LogP contribution in [0.5, 0.6) is 0 Å². The standard InChI is InChI=1S/C18H17N7OS/c1-9-6-7-27-17(9)12-8-15(26)19-18-16(12)10(2)22-25(18)14-5-4-13-21-20-11(3)24(13)23-14/h4-7,12H,8H2,1-3H3,(H,19,26)/t12-/m0/s1. The van der Waals surface area contributed by atoms with Crippen molar-refractivity contribution in [2.75, 3.05) is 5.32 Å². The highest BCUT2D eigenvalue weighted by Gasteiger charge is 2.34. The molecule has 136 valence electrons. The van der Waals surface area contributed by atoms with Crippen molar-refractivity contribution in [3.8, 4) is 5.82 Å². The van der Waals surface area contributed by atoms with E-state index in [0.29, 0.717) is 29.5 Å². The minimum absolute atomic E-state index is 0.0111. The monoisotopic (exact) mass is 379 g/mol. The Kier molecular flexibility index (Phi) is 3.41. The van der Waals surface area contributed by atoms with Gasteiger partial charge in [0.2, 0.25) is 5.91 Å². The van der Waals surface area contributed by atoms with Gasteiger partial charge in [-0.2, -0.15) is 14.3 Å². The molecular formula is C18H17N7OS. The van der Waals surface area contributed by atoms with E-state index in [0.717, 1.165) is 11.3 Å². The Morgan fingerprint density at radius 3 is 2.78 bits per heavy atom. The van der Waals surface area contributed by atoms with Crippen LogP contribution in [0.25, 0.3) is 11.5 Å². The zero-order valence-corrected chi connectivity index (χ0v) is 15.9. The van der Waals surface area contributed by atoms with Crippen LogP contribution in [0.1, 0.15) is 39.9 Å². The van der Waals surface area contributed by atoms with E-state index in [2.05, 4.69) is 39.0 Å². The van der Waals surface area contributed by atoms with Crippen LogP contribution in [0.4, 0.5) is 5.82 Å². The summed E-state index contributed by atoms with van der Waals surface area (Å²) in [6.07, 6.45) is 0.428. The summed E-state index contributed by atoms with van der Waals surface area (Å²) in [6.45, 7) is 5.91. The van der Waals surface area contributed by atoms with Gasteiger partial charge in [0.25, 0.3) is 0 Å². The third kappa shape index (κ3) is 2.38. The molecule has 0 aliphatic carbocycles. The van der Waals surface area contributed by atoms with Crippen LogP contribution in [0.15, 0.2) is 23.6 Å². The Balaban J connectivity index is 1.71. The van der Waals surface area contributed by atoms with Crippen LogP contribution < -0.4 is 5.32 Å². The van der Waals surface area contributed by atoms with Gasteiger partial charge in [0.1, 0.15) is 5.82 Å². The number of fused-ring (bicyclic) bond motifs is 2. The van der Waals surface area contributed by atoms with Crippen molar-refractivity contribution >= 4 is 28.7 Å².